The van der Waals surface area contributed by atoms with Crippen LogP contribution in [0, 0.1) is 0 Å². The van der Waals surface area contributed by atoms with Crippen molar-refractivity contribution in [3.05, 3.63) is 28.2 Å². The van der Waals surface area contributed by atoms with Gasteiger partial charge in [0.25, 0.3) is 0 Å². The molecule has 1 aromatic carbocycles. The fourth-order valence-electron chi connectivity index (χ4n) is 3.09. The second kappa shape index (κ2) is 7.30. The molecule has 3 heteroatoms. The highest BCUT2D eigenvalue weighted by Crippen LogP contribution is 2.30. The predicted octanol–water partition coefficient (Wildman–Crippen LogP) is 4.33. The molecule has 1 aliphatic rings. The van der Waals surface area contributed by atoms with Gasteiger partial charge in [-0.15, -0.1) is 0 Å². The Morgan fingerprint density at radius 2 is 2.00 bits per heavy atom. The molecule has 19 heavy (non-hydrogen) atoms. The van der Waals surface area contributed by atoms with E-state index in [9.17, 15) is 0 Å². The summed E-state index contributed by atoms with van der Waals surface area (Å²) < 4.78 is 1.22. The third-order valence-corrected chi connectivity index (χ3v) is 4.83. The Hall–Kier alpha value is -0.540. The molecule has 0 saturated heterocycles. The van der Waals surface area contributed by atoms with Gasteiger partial charge in [-0.1, -0.05) is 41.3 Å². The molecule has 0 radical (unpaired) electrons. The Balaban J connectivity index is 2.15. The summed E-state index contributed by atoms with van der Waals surface area (Å²) in [6.45, 7) is 4.28. The topological polar surface area (TPSA) is 15.3 Å². The van der Waals surface area contributed by atoms with E-state index in [4.69, 9.17) is 0 Å². The monoisotopic (exact) mass is 324 g/mol. The molecule has 1 aliphatic carbocycles. The first-order valence-electron chi connectivity index (χ1n) is 7.46. The largest absolute Gasteiger partial charge is 0.369 e. The number of benzene rings is 1. The Morgan fingerprint density at radius 1 is 1.26 bits per heavy atom. The predicted molar refractivity (Wildman–Crippen MR) is 86.8 cm³/mol. The molecule has 0 amide bonds. The van der Waals surface area contributed by atoms with Gasteiger partial charge in [-0.3, -0.25) is 0 Å². The molecule has 0 atom stereocenters. The smallest absolute Gasteiger partial charge is 0.0380 e. The van der Waals surface area contributed by atoms with Gasteiger partial charge in [0.05, 0.1) is 0 Å². The minimum absolute atomic E-state index is 0.737. The van der Waals surface area contributed by atoms with E-state index in [0.29, 0.717) is 0 Å². The van der Waals surface area contributed by atoms with E-state index in [0.717, 1.165) is 19.1 Å². The molecule has 2 rings (SSSR count). The van der Waals surface area contributed by atoms with Gasteiger partial charge in [-0.25, -0.2) is 0 Å². The van der Waals surface area contributed by atoms with Crippen molar-refractivity contribution in [2.24, 2.45) is 0 Å². The first-order chi connectivity index (χ1) is 9.26. The standard InChI is InChI=1S/C16H25BrN2/c1-3-19(14-7-5-4-6-8-14)15-10-9-13(12-18-2)16(17)11-15/h9-11,14,18H,3-8,12H2,1-2H3. The number of anilines is 1. The van der Waals surface area contributed by atoms with E-state index in [2.05, 4.69) is 51.3 Å². The fourth-order valence-corrected chi connectivity index (χ4v) is 3.60. The van der Waals surface area contributed by atoms with Crippen molar-refractivity contribution in [1.29, 1.82) is 0 Å². The lowest BCUT2D eigenvalue weighted by Crippen LogP contribution is -2.36. The molecule has 0 aliphatic heterocycles. The van der Waals surface area contributed by atoms with Crippen molar-refractivity contribution in [1.82, 2.24) is 5.32 Å². The molecule has 1 fully saturated rings. The second-order valence-corrected chi connectivity index (χ2v) is 6.24. The van der Waals surface area contributed by atoms with Crippen LogP contribution in [-0.2, 0) is 6.54 Å². The minimum atomic E-state index is 0.737. The van der Waals surface area contributed by atoms with Crippen molar-refractivity contribution in [2.75, 3.05) is 18.5 Å². The van der Waals surface area contributed by atoms with Crippen LogP contribution in [0.25, 0.3) is 0 Å². The van der Waals surface area contributed by atoms with Crippen molar-refractivity contribution >= 4 is 21.6 Å². The van der Waals surface area contributed by atoms with Gasteiger partial charge in [0, 0.05) is 29.3 Å². The number of halogens is 1. The number of nitrogens with one attached hydrogen (secondary N) is 1. The molecular formula is C16H25BrN2. The highest BCUT2D eigenvalue weighted by molar-refractivity contribution is 9.10. The van der Waals surface area contributed by atoms with Gasteiger partial charge < -0.3 is 10.2 Å². The Bertz CT molecular complexity index is 400. The summed E-state index contributed by atoms with van der Waals surface area (Å²) in [4.78, 5) is 2.58. The second-order valence-electron chi connectivity index (χ2n) is 5.38. The van der Waals surface area contributed by atoms with Crippen LogP contribution in [0.3, 0.4) is 0 Å². The SMILES string of the molecule is CCN(c1ccc(CNC)c(Br)c1)C1CCCCC1. The van der Waals surface area contributed by atoms with E-state index in [1.807, 2.05) is 7.05 Å². The maximum atomic E-state index is 3.70. The van der Waals surface area contributed by atoms with Crippen LogP contribution in [0.4, 0.5) is 5.69 Å². The summed E-state index contributed by atoms with van der Waals surface area (Å²) in [6, 6.07) is 7.53. The lowest BCUT2D eigenvalue weighted by Gasteiger charge is -2.35. The minimum Gasteiger partial charge on any atom is -0.369 e. The van der Waals surface area contributed by atoms with Gasteiger partial charge in [0.15, 0.2) is 0 Å². The quantitative estimate of drug-likeness (QED) is 0.867. The van der Waals surface area contributed by atoms with Crippen LogP contribution in [0.1, 0.15) is 44.6 Å². The summed E-state index contributed by atoms with van der Waals surface area (Å²) >= 11 is 3.70. The summed E-state index contributed by atoms with van der Waals surface area (Å²) in [5.74, 6) is 0. The molecule has 0 heterocycles. The highest BCUT2D eigenvalue weighted by atomic mass is 79.9. The van der Waals surface area contributed by atoms with E-state index in [1.165, 1.54) is 47.8 Å². The van der Waals surface area contributed by atoms with Gasteiger partial charge >= 0.3 is 0 Å². The molecule has 1 saturated carbocycles. The Kier molecular flexibility index (Phi) is 5.71. The highest BCUT2D eigenvalue weighted by Gasteiger charge is 2.20. The molecule has 1 aromatic rings. The Labute approximate surface area is 125 Å². The van der Waals surface area contributed by atoms with Crippen LogP contribution in [0.5, 0.6) is 0 Å². The Morgan fingerprint density at radius 3 is 2.58 bits per heavy atom. The lowest BCUT2D eigenvalue weighted by atomic mass is 9.93. The summed E-state index contributed by atoms with van der Waals surface area (Å²) in [5, 5.41) is 3.21. The molecule has 0 aromatic heterocycles. The molecule has 0 spiro atoms. The first kappa shape index (κ1) is 14.9. The third kappa shape index (κ3) is 3.73. The maximum absolute atomic E-state index is 3.70. The molecule has 106 valence electrons. The van der Waals surface area contributed by atoms with E-state index in [1.54, 1.807) is 0 Å². The van der Waals surface area contributed by atoms with Crippen LogP contribution < -0.4 is 10.2 Å². The van der Waals surface area contributed by atoms with Crippen LogP contribution in [-0.4, -0.2) is 19.6 Å². The number of hydrogen-bond acceptors (Lipinski definition) is 2. The average molecular weight is 325 g/mol. The van der Waals surface area contributed by atoms with Gasteiger partial charge in [0.2, 0.25) is 0 Å². The van der Waals surface area contributed by atoms with Gasteiger partial charge in [-0.05, 0) is 44.5 Å². The lowest BCUT2D eigenvalue weighted by molar-refractivity contribution is 0.418. The number of nitrogens with zero attached hydrogens (tertiary/aromatic N) is 1. The normalized spacial score (nSPS) is 16.6. The molecule has 1 N–H and O–H groups in total. The molecule has 0 bridgehead atoms. The summed E-state index contributed by atoms with van der Waals surface area (Å²) in [5.41, 5.74) is 2.69. The fraction of sp³-hybridized carbons (Fsp3) is 0.625. The van der Waals surface area contributed by atoms with E-state index < -0.39 is 0 Å². The van der Waals surface area contributed by atoms with Gasteiger partial charge in [0.1, 0.15) is 0 Å². The van der Waals surface area contributed by atoms with Gasteiger partial charge in [-0.2, -0.15) is 0 Å². The van der Waals surface area contributed by atoms with Crippen molar-refractivity contribution < 1.29 is 0 Å². The summed E-state index contributed by atoms with van der Waals surface area (Å²) in [6.07, 6.45) is 6.90. The van der Waals surface area contributed by atoms with Crippen molar-refractivity contribution in [3.63, 3.8) is 0 Å². The molecular weight excluding hydrogens is 300 g/mol. The maximum Gasteiger partial charge on any atom is 0.0380 e. The third-order valence-electron chi connectivity index (χ3n) is 4.09. The zero-order valence-electron chi connectivity index (χ0n) is 12.1. The number of hydrogen-bond donors (Lipinski definition) is 1. The average Bonchev–Trinajstić information content (AvgIpc) is 2.44. The zero-order chi connectivity index (χ0) is 13.7. The zero-order valence-corrected chi connectivity index (χ0v) is 13.7. The van der Waals surface area contributed by atoms with Crippen LogP contribution in [0.2, 0.25) is 0 Å². The van der Waals surface area contributed by atoms with E-state index >= 15 is 0 Å². The molecule has 2 nitrogen and oxygen atoms in total. The van der Waals surface area contributed by atoms with E-state index in [-0.39, 0.29) is 0 Å². The van der Waals surface area contributed by atoms with Crippen molar-refractivity contribution in [3.8, 4) is 0 Å². The van der Waals surface area contributed by atoms with Crippen LogP contribution >= 0.6 is 15.9 Å². The van der Waals surface area contributed by atoms with Crippen LogP contribution in [0.15, 0.2) is 22.7 Å². The molecule has 0 unspecified atom stereocenters. The first-order valence-corrected chi connectivity index (χ1v) is 8.25. The van der Waals surface area contributed by atoms with Crippen molar-refractivity contribution in [2.45, 2.75) is 51.6 Å². The summed E-state index contributed by atoms with van der Waals surface area (Å²) in [7, 11) is 1.99. The number of rotatable bonds is 5.